The molecule has 0 atom stereocenters. The Bertz CT molecular complexity index is 328. The third kappa shape index (κ3) is 3.09. The van der Waals surface area contributed by atoms with Gasteiger partial charge in [-0.2, -0.15) is 0 Å². The van der Waals surface area contributed by atoms with Gasteiger partial charge in [0.25, 0.3) is 0 Å². The molecule has 16 heavy (non-hydrogen) atoms. The van der Waals surface area contributed by atoms with Crippen molar-refractivity contribution in [2.75, 3.05) is 6.54 Å². The number of amides is 1. The molecule has 1 aliphatic rings. The Morgan fingerprint density at radius 2 is 1.88 bits per heavy atom. The number of hydrogen-bond acceptors (Lipinski definition) is 1. The molecule has 2 nitrogen and oxygen atoms in total. The van der Waals surface area contributed by atoms with Gasteiger partial charge in [-0.1, -0.05) is 43.2 Å². The quantitative estimate of drug-likeness (QED) is 0.825. The average Bonchev–Trinajstić information content (AvgIpc) is 2.84. The van der Waals surface area contributed by atoms with Gasteiger partial charge < -0.3 is 5.32 Å². The second kappa shape index (κ2) is 5.69. The molecule has 1 aliphatic carbocycles. The lowest BCUT2D eigenvalue weighted by Gasteiger charge is -2.10. The molecule has 0 unspecified atom stereocenters. The van der Waals surface area contributed by atoms with Gasteiger partial charge >= 0.3 is 0 Å². The van der Waals surface area contributed by atoms with Crippen LogP contribution in [0.5, 0.6) is 0 Å². The molecule has 1 fully saturated rings. The van der Waals surface area contributed by atoms with Crippen molar-refractivity contribution in [3.63, 3.8) is 0 Å². The number of carbonyl (C=O) groups is 1. The van der Waals surface area contributed by atoms with Gasteiger partial charge in [-0.05, 0) is 24.8 Å². The summed E-state index contributed by atoms with van der Waals surface area (Å²) in [5.41, 5.74) is 1.29. The van der Waals surface area contributed by atoms with E-state index in [4.69, 9.17) is 0 Å². The van der Waals surface area contributed by atoms with E-state index in [9.17, 15) is 4.79 Å². The largest absolute Gasteiger partial charge is 0.356 e. The average molecular weight is 217 g/mol. The molecule has 1 amide bonds. The van der Waals surface area contributed by atoms with Gasteiger partial charge in [0.15, 0.2) is 0 Å². The molecule has 1 aromatic rings. The third-order valence-corrected chi connectivity index (χ3v) is 3.28. The highest BCUT2D eigenvalue weighted by Crippen LogP contribution is 2.24. The molecular formula is C14H19NO. The highest BCUT2D eigenvalue weighted by molar-refractivity contribution is 5.78. The number of rotatable bonds is 4. The summed E-state index contributed by atoms with van der Waals surface area (Å²) in [5, 5.41) is 3.03. The first-order chi connectivity index (χ1) is 7.86. The van der Waals surface area contributed by atoms with E-state index in [1.165, 1.54) is 18.4 Å². The van der Waals surface area contributed by atoms with E-state index in [1.807, 2.05) is 18.2 Å². The van der Waals surface area contributed by atoms with E-state index < -0.39 is 0 Å². The maximum Gasteiger partial charge on any atom is 0.223 e. The van der Waals surface area contributed by atoms with Crippen molar-refractivity contribution in [2.45, 2.75) is 32.1 Å². The predicted octanol–water partition coefficient (Wildman–Crippen LogP) is 2.54. The Morgan fingerprint density at radius 1 is 1.19 bits per heavy atom. The minimum absolute atomic E-state index is 0.258. The number of nitrogens with one attached hydrogen (secondary N) is 1. The van der Waals surface area contributed by atoms with Crippen LogP contribution in [-0.4, -0.2) is 12.5 Å². The van der Waals surface area contributed by atoms with Gasteiger partial charge in [0.1, 0.15) is 0 Å². The van der Waals surface area contributed by atoms with Gasteiger partial charge in [0, 0.05) is 12.5 Å². The van der Waals surface area contributed by atoms with Gasteiger partial charge in [-0.15, -0.1) is 0 Å². The van der Waals surface area contributed by atoms with Crippen molar-refractivity contribution < 1.29 is 4.79 Å². The molecule has 0 saturated heterocycles. The summed E-state index contributed by atoms with van der Waals surface area (Å²) < 4.78 is 0. The van der Waals surface area contributed by atoms with Crippen LogP contribution >= 0.6 is 0 Å². The molecule has 2 heteroatoms. The van der Waals surface area contributed by atoms with Gasteiger partial charge in [-0.3, -0.25) is 4.79 Å². The SMILES string of the molecule is O=C(NCCc1ccccc1)C1CCCC1. The predicted molar refractivity (Wildman–Crippen MR) is 65.1 cm³/mol. The van der Waals surface area contributed by atoms with Crippen LogP contribution in [0.15, 0.2) is 30.3 Å². The fourth-order valence-corrected chi connectivity index (χ4v) is 2.31. The van der Waals surface area contributed by atoms with Crippen molar-refractivity contribution in [1.29, 1.82) is 0 Å². The molecular weight excluding hydrogens is 198 g/mol. The van der Waals surface area contributed by atoms with Crippen LogP contribution in [-0.2, 0) is 11.2 Å². The van der Waals surface area contributed by atoms with Gasteiger partial charge in [0.05, 0.1) is 0 Å². The van der Waals surface area contributed by atoms with Crippen molar-refractivity contribution in [3.8, 4) is 0 Å². The molecule has 0 bridgehead atoms. The molecule has 2 rings (SSSR count). The maximum absolute atomic E-state index is 11.7. The second-order valence-corrected chi connectivity index (χ2v) is 4.51. The van der Waals surface area contributed by atoms with Crippen molar-refractivity contribution >= 4 is 5.91 Å². The van der Waals surface area contributed by atoms with Crippen molar-refractivity contribution in [3.05, 3.63) is 35.9 Å². The van der Waals surface area contributed by atoms with E-state index >= 15 is 0 Å². The van der Waals surface area contributed by atoms with Crippen LogP contribution in [0.25, 0.3) is 0 Å². The number of hydrogen-bond donors (Lipinski definition) is 1. The van der Waals surface area contributed by atoms with Crippen LogP contribution in [0, 0.1) is 5.92 Å². The Balaban J connectivity index is 1.70. The molecule has 0 radical (unpaired) electrons. The standard InChI is InChI=1S/C14H19NO/c16-14(13-8-4-5-9-13)15-11-10-12-6-2-1-3-7-12/h1-3,6-7,13H,4-5,8-11H2,(H,15,16). The molecule has 1 N–H and O–H groups in total. The number of carbonyl (C=O) groups excluding carboxylic acids is 1. The first-order valence-corrected chi connectivity index (χ1v) is 6.18. The lowest BCUT2D eigenvalue weighted by Crippen LogP contribution is -2.30. The minimum atomic E-state index is 0.258. The molecule has 0 aromatic heterocycles. The van der Waals surface area contributed by atoms with E-state index in [0.717, 1.165) is 25.8 Å². The van der Waals surface area contributed by atoms with E-state index in [1.54, 1.807) is 0 Å². The highest BCUT2D eigenvalue weighted by Gasteiger charge is 2.21. The Hall–Kier alpha value is -1.31. The zero-order valence-electron chi connectivity index (χ0n) is 9.61. The van der Waals surface area contributed by atoms with Crippen LogP contribution in [0.4, 0.5) is 0 Å². The summed E-state index contributed by atoms with van der Waals surface area (Å²) in [6, 6.07) is 10.3. The zero-order valence-corrected chi connectivity index (χ0v) is 9.61. The highest BCUT2D eigenvalue weighted by atomic mass is 16.1. The molecule has 0 aliphatic heterocycles. The fraction of sp³-hybridized carbons (Fsp3) is 0.500. The van der Waals surface area contributed by atoms with Gasteiger partial charge in [-0.25, -0.2) is 0 Å². The summed E-state index contributed by atoms with van der Waals surface area (Å²) in [6.07, 6.45) is 5.53. The molecule has 0 spiro atoms. The molecule has 1 saturated carbocycles. The lowest BCUT2D eigenvalue weighted by atomic mass is 10.1. The number of benzene rings is 1. The maximum atomic E-state index is 11.7. The van der Waals surface area contributed by atoms with Crippen LogP contribution in [0.1, 0.15) is 31.2 Å². The first-order valence-electron chi connectivity index (χ1n) is 6.18. The lowest BCUT2D eigenvalue weighted by molar-refractivity contribution is -0.124. The van der Waals surface area contributed by atoms with Crippen molar-refractivity contribution in [2.24, 2.45) is 5.92 Å². The summed E-state index contributed by atoms with van der Waals surface area (Å²) >= 11 is 0. The summed E-state index contributed by atoms with van der Waals surface area (Å²) in [7, 11) is 0. The van der Waals surface area contributed by atoms with Crippen molar-refractivity contribution in [1.82, 2.24) is 5.32 Å². The Labute approximate surface area is 97.1 Å². The third-order valence-electron chi connectivity index (χ3n) is 3.28. The molecule has 1 aromatic carbocycles. The topological polar surface area (TPSA) is 29.1 Å². The normalized spacial score (nSPS) is 16.2. The second-order valence-electron chi connectivity index (χ2n) is 4.51. The zero-order chi connectivity index (χ0) is 11.2. The van der Waals surface area contributed by atoms with E-state index in [-0.39, 0.29) is 11.8 Å². The summed E-state index contributed by atoms with van der Waals surface area (Å²) in [5.74, 6) is 0.546. The Morgan fingerprint density at radius 3 is 2.56 bits per heavy atom. The van der Waals surface area contributed by atoms with Crippen LogP contribution in [0.2, 0.25) is 0 Å². The summed E-state index contributed by atoms with van der Waals surface area (Å²) in [4.78, 5) is 11.7. The molecule has 86 valence electrons. The van der Waals surface area contributed by atoms with Crippen LogP contribution in [0.3, 0.4) is 0 Å². The smallest absolute Gasteiger partial charge is 0.223 e. The fourth-order valence-electron chi connectivity index (χ4n) is 2.31. The van der Waals surface area contributed by atoms with E-state index in [2.05, 4.69) is 17.4 Å². The summed E-state index contributed by atoms with van der Waals surface area (Å²) in [6.45, 7) is 0.763. The van der Waals surface area contributed by atoms with E-state index in [0.29, 0.717) is 0 Å². The first kappa shape index (κ1) is 11.2. The van der Waals surface area contributed by atoms with Crippen LogP contribution < -0.4 is 5.32 Å². The monoisotopic (exact) mass is 217 g/mol. The molecule has 0 heterocycles. The van der Waals surface area contributed by atoms with Gasteiger partial charge in [0.2, 0.25) is 5.91 Å². The Kier molecular flexibility index (Phi) is 3.97. The minimum Gasteiger partial charge on any atom is -0.356 e.